The van der Waals surface area contributed by atoms with E-state index in [2.05, 4.69) is 10.3 Å². The van der Waals surface area contributed by atoms with Crippen LogP contribution >= 0.6 is 0 Å². The molecular formula is C10H15N3O4. The van der Waals surface area contributed by atoms with Crippen molar-refractivity contribution in [3.63, 3.8) is 0 Å². The Kier molecular flexibility index (Phi) is 2.46. The summed E-state index contributed by atoms with van der Waals surface area (Å²) in [5.41, 5.74) is -0.913. The molecule has 7 nitrogen and oxygen atoms in total. The van der Waals surface area contributed by atoms with Crippen molar-refractivity contribution in [1.82, 2.24) is 0 Å². The molecule has 3 aliphatic rings. The molecule has 2 aliphatic heterocycles. The number of oxime groups is 1. The summed E-state index contributed by atoms with van der Waals surface area (Å²) in [5, 5.41) is 25.4. The normalized spacial score (nSPS) is 39.8. The van der Waals surface area contributed by atoms with Crippen LogP contribution in [0.5, 0.6) is 0 Å². The predicted molar refractivity (Wildman–Crippen MR) is 59.9 cm³/mol. The first-order chi connectivity index (χ1) is 7.80. The Labute approximate surface area is 98.3 Å². The van der Waals surface area contributed by atoms with Crippen molar-refractivity contribution >= 4 is 11.4 Å². The van der Waals surface area contributed by atoms with Crippen molar-refractivity contribution in [3.8, 4) is 0 Å². The quantitative estimate of drug-likeness (QED) is 0.426. The molecule has 0 radical (unpaired) electrons. The highest BCUT2D eigenvalue weighted by atomic mass is 16.7. The van der Waals surface area contributed by atoms with Gasteiger partial charge in [0.15, 0.2) is 10.7 Å². The zero-order valence-electron chi connectivity index (χ0n) is 10.0. The van der Waals surface area contributed by atoms with E-state index in [-0.39, 0.29) is 17.3 Å². The molecule has 0 aromatic carbocycles. The topological polar surface area (TPSA) is 97.3 Å². The van der Waals surface area contributed by atoms with E-state index < -0.39 is 16.2 Å². The van der Waals surface area contributed by atoms with Gasteiger partial charge in [0, 0.05) is 5.92 Å². The molecule has 0 aromatic heterocycles. The smallest absolute Gasteiger partial charge is 0.191 e. The van der Waals surface area contributed by atoms with Crippen LogP contribution in [0.2, 0.25) is 0 Å². The third-order valence-electron chi connectivity index (χ3n) is 3.60. The molecule has 0 amide bonds. The Hall–Kier alpha value is -1.50. The summed E-state index contributed by atoms with van der Waals surface area (Å²) in [4.78, 5) is 10.5. The number of hydrazone groups is 1. The molecule has 2 unspecified atom stereocenters. The molecule has 2 bridgehead atoms. The van der Waals surface area contributed by atoms with Gasteiger partial charge < -0.3 is 9.94 Å². The highest BCUT2D eigenvalue weighted by Crippen LogP contribution is 2.46. The van der Waals surface area contributed by atoms with Crippen LogP contribution in [0.4, 0.5) is 0 Å². The third-order valence-corrected chi connectivity index (χ3v) is 3.60. The average Bonchev–Trinajstić information content (AvgIpc) is 2.17. The number of rotatable bonds is 1. The van der Waals surface area contributed by atoms with E-state index in [1.165, 1.54) is 0 Å². The van der Waals surface area contributed by atoms with Crippen LogP contribution in [0.1, 0.15) is 33.6 Å². The molecule has 1 saturated carbocycles. The van der Waals surface area contributed by atoms with Crippen LogP contribution in [0, 0.1) is 16.0 Å². The molecule has 17 heavy (non-hydrogen) atoms. The van der Waals surface area contributed by atoms with E-state index in [1.807, 2.05) is 13.8 Å². The summed E-state index contributed by atoms with van der Waals surface area (Å²) >= 11 is 0. The third kappa shape index (κ3) is 1.70. The van der Waals surface area contributed by atoms with Crippen LogP contribution in [0.3, 0.4) is 0 Å². The van der Waals surface area contributed by atoms with Crippen molar-refractivity contribution in [2.24, 2.45) is 16.2 Å². The number of hydrogen-bond donors (Lipinski definition) is 1. The molecule has 2 atom stereocenters. The lowest BCUT2D eigenvalue weighted by atomic mass is 9.66. The van der Waals surface area contributed by atoms with Gasteiger partial charge in [0.05, 0.1) is 10.7 Å². The molecular weight excluding hydrogens is 226 g/mol. The van der Waals surface area contributed by atoms with Gasteiger partial charge in [-0.1, -0.05) is 5.16 Å². The number of ether oxygens (including phenoxy) is 1. The number of nitrogens with zero attached hydrogens (tertiary/aromatic N) is 3. The lowest BCUT2D eigenvalue weighted by molar-refractivity contribution is -0.485. The second kappa shape index (κ2) is 3.49. The van der Waals surface area contributed by atoms with E-state index in [9.17, 15) is 10.1 Å². The predicted octanol–water partition coefficient (Wildman–Crippen LogP) is 1.43. The van der Waals surface area contributed by atoms with Gasteiger partial charge in [-0.05, 0) is 33.6 Å². The van der Waals surface area contributed by atoms with Crippen LogP contribution < -0.4 is 0 Å². The Bertz CT molecular complexity index is 429. The first-order valence-corrected chi connectivity index (χ1v) is 5.46. The lowest BCUT2D eigenvalue weighted by Gasteiger charge is -2.53. The van der Waals surface area contributed by atoms with Gasteiger partial charge in [0.1, 0.15) is 11.3 Å². The molecule has 7 heteroatoms. The minimum absolute atomic E-state index is 0.139. The van der Waals surface area contributed by atoms with Crippen molar-refractivity contribution < 1.29 is 15.0 Å². The second-order valence-electron chi connectivity index (χ2n) is 5.20. The minimum atomic E-state index is -0.840. The van der Waals surface area contributed by atoms with E-state index in [1.54, 1.807) is 6.92 Å². The van der Waals surface area contributed by atoms with Crippen molar-refractivity contribution in [3.05, 3.63) is 10.1 Å². The maximum Gasteiger partial charge on any atom is 0.191 e. The fourth-order valence-corrected chi connectivity index (χ4v) is 2.89. The molecule has 1 N–H and O–H groups in total. The fourth-order valence-electron chi connectivity index (χ4n) is 2.89. The molecule has 0 aromatic rings. The SMILES string of the molecule is CC12CCC(C(=N/O)/C1=N\[N+](=O)[O-])C(C)(C)O2. The van der Waals surface area contributed by atoms with Gasteiger partial charge in [-0.25, -0.2) is 10.1 Å². The van der Waals surface area contributed by atoms with Crippen molar-refractivity contribution in [1.29, 1.82) is 0 Å². The second-order valence-corrected chi connectivity index (χ2v) is 5.20. The van der Waals surface area contributed by atoms with E-state index in [4.69, 9.17) is 9.94 Å². The maximum absolute atomic E-state index is 10.5. The van der Waals surface area contributed by atoms with Crippen molar-refractivity contribution in [2.75, 3.05) is 0 Å². The van der Waals surface area contributed by atoms with Crippen LogP contribution in [0.25, 0.3) is 0 Å². The molecule has 1 aliphatic carbocycles. The van der Waals surface area contributed by atoms with Gasteiger partial charge in [-0.3, -0.25) is 0 Å². The van der Waals surface area contributed by atoms with Gasteiger partial charge in [0.25, 0.3) is 0 Å². The van der Waals surface area contributed by atoms with E-state index in [0.29, 0.717) is 6.42 Å². The Balaban J connectivity index is 2.54. The summed E-state index contributed by atoms with van der Waals surface area (Å²) in [6.07, 6.45) is 1.42. The minimum Gasteiger partial charge on any atom is -0.411 e. The molecule has 3 fully saturated rings. The largest absolute Gasteiger partial charge is 0.411 e. The number of hydrogen-bond acceptors (Lipinski definition) is 5. The fraction of sp³-hybridized carbons (Fsp3) is 0.800. The Morgan fingerprint density at radius 1 is 1.53 bits per heavy atom. The van der Waals surface area contributed by atoms with Gasteiger partial charge in [-0.15, -0.1) is 0 Å². The lowest BCUT2D eigenvalue weighted by Crippen LogP contribution is -2.64. The summed E-state index contributed by atoms with van der Waals surface area (Å²) in [6.45, 7) is 5.53. The molecule has 2 heterocycles. The van der Waals surface area contributed by atoms with Crippen LogP contribution in [-0.4, -0.2) is 32.9 Å². The summed E-state index contributed by atoms with van der Waals surface area (Å²) in [6, 6.07) is 0. The van der Waals surface area contributed by atoms with Gasteiger partial charge >= 0.3 is 0 Å². The summed E-state index contributed by atoms with van der Waals surface area (Å²) in [5.74, 6) is -0.159. The summed E-state index contributed by atoms with van der Waals surface area (Å²) < 4.78 is 5.88. The Morgan fingerprint density at radius 2 is 2.18 bits per heavy atom. The zero-order valence-corrected chi connectivity index (χ0v) is 10.0. The van der Waals surface area contributed by atoms with Crippen LogP contribution in [0.15, 0.2) is 10.3 Å². The van der Waals surface area contributed by atoms with Crippen molar-refractivity contribution in [2.45, 2.75) is 44.8 Å². The van der Waals surface area contributed by atoms with E-state index >= 15 is 0 Å². The monoisotopic (exact) mass is 241 g/mol. The van der Waals surface area contributed by atoms with Crippen LogP contribution in [-0.2, 0) is 4.74 Å². The molecule has 3 rings (SSSR count). The van der Waals surface area contributed by atoms with E-state index in [0.717, 1.165) is 6.42 Å². The zero-order chi connectivity index (χ0) is 12.8. The first-order valence-electron chi connectivity index (χ1n) is 5.46. The molecule has 2 saturated heterocycles. The summed E-state index contributed by atoms with van der Waals surface area (Å²) in [7, 11) is 0. The number of nitro groups is 1. The van der Waals surface area contributed by atoms with Gasteiger partial charge in [-0.2, -0.15) is 0 Å². The number of fused-ring (bicyclic) bond motifs is 3. The van der Waals surface area contributed by atoms with Gasteiger partial charge in [0.2, 0.25) is 0 Å². The highest BCUT2D eigenvalue weighted by molar-refractivity contribution is 6.46. The molecule has 94 valence electrons. The standard InChI is InChI=1S/C10H15N3O4/c1-9(2)6-4-5-10(3,17-9)8(7(6)12-14)11-13(15)16/h6,14H,4-5H2,1-3H3/b11-8+,12-7-. The average molecular weight is 241 g/mol. The Morgan fingerprint density at radius 3 is 2.65 bits per heavy atom. The first kappa shape index (κ1) is 12.0. The maximum atomic E-state index is 10.5. The molecule has 0 spiro atoms. The highest BCUT2D eigenvalue weighted by Gasteiger charge is 2.57.